The number of rotatable bonds is 5. The number of nitriles is 1. The van der Waals surface area contributed by atoms with Gasteiger partial charge < -0.3 is 10.1 Å². The Kier molecular flexibility index (Phi) is 6.17. The first-order chi connectivity index (χ1) is 12.0. The maximum Gasteiger partial charge on any atom is 0.266 e. The van der Waals surface area contributed by atoms with Crippen LogP contribution in [0.4, 0.5) is 10.1 Å². The zero-order valence-electron chi connectivity index (χ0n) is 12.9. The second-order valence-corrected chi connectivity index (χ2v) is 5.24. The van der Waals surface area contributed by atoms with E-state index in [4.69, 9.17) is 22.8 Å². The summed E-state index contributed by atoms with van der Waals surface area (Å²) in [6, 6.07) is 11.8. The molecule has 0 heterocycles. The lowest BCUT2D eigenvalue weighted by Crippen LogP contribution is -2.13. The highest BCUT2D eigenvalue weighted by atomic mass is 35.5. The quantitative estimate of drug-likeness (QED) is 0.501. The summed E-state index contributed by atoms with van der Waals surface area (Å²) in [6.07, 6.45) is 6.51. The third-order valence-electron chi connectivity index (χ3n) is 3.05. The van der Waals surface area contributed by atoms with Crippen LogP contribution in [0.15, 0.2) is 48.0 Å². The Hall–Kier alpha value is -3.28. The number of nitrogens with one attached hydrogen (secondary N) is 1. The maximum absolute atomic E-state index is 12.9. The molecule has 0 aliphatic rings. The van der Waals surface area contributed by atoms with E-state index < -0.39 is 11.7 Å². The van der Waals surface area contributed by atoms with Gasteiger partial charge in [-0.25, -0.2) is 4.39 Å². The van der Waals surface area contributed by atoms with Gasteiger partial charge >= 0.3 is 0 Å². The Morgan fingerprint density at radius 2 is 2.04 bits per heavy atom. The van der Waals surface area contributed by atoms with E-state index in [0.29, 0.717) is 22.0 Å². The number of nitrogens with zero attached hydrogens (tertiary/aromatic N) is 1. The number of halogens is 2. The average Bonchev–Trinajstić information content (AvgIpc) is 2.60. The molecule has 0 atom stereocenters. The summed E-state index contributed by atoms with van der Waals surface area (Å²) in [6.45, 7) is 0.0339. The number of ether oxygens (including phenoxy) is 1. The second-order valence-electron chi connectivity index (χ2n) is 4.81. The Morgan fingerprint density at radius 3 is 2.68 bits per heavy atom. The van der Waals surface area contributed by atoms with Gasteiger partial charge in [-0.3, -0.25) is 4.79 Å². The van der Waals surface area contributed by atoms with Crippen LogP contribution in [0, 0.1) is 29.5 Å². The predicted molar refractivity (Wildman–Crippen MR) is 94.4 cm³/mol. The molecule has 2 aromatic carbocycles. The molecule has 0 saturated carbocycles. The number of amides is 1. The van der Waals surface area contributed by atoms with Crippen molar-refractivity contribution >= 4 is 29.3 Å². The molecule has 0 radical (unpaired) electrons. The lowest BCUT2D eigenvalue weighted by molar-refractivity contribution is -0.112. The van der Waals surface area contributed by atoms with Crippen LogP contribution in [0.1, 0.15) is 5.56 Å². The molecular formula is C19H12ClFN2O2. The van der Waals surface area contributed by atoms with Crippen LogP contribution in [-0.2, 0) is 4.79 Å². The summed E-state index contributed by atoms with van der Waals surface area (Å²) in [5.74, 6) is 1.66. The third-order valence-corrected chi connectivity index (χ3v) is 3.28. The molecule has 25 heavy (non-hydrogen) atoms. The van der Waals surface area contributed by atoms with E-state index >= 15 is 0 Å². The van der Waals surface area contributed by atoms with Crippen LogP contribution >= 0.6 is 11.6 Å². The van der Waals surface area contributed by atoms with E-state index in [0.717, 1.165) is 0 Å². The smallest absolute Gasteiger partial charge is 0.266 e. The largest absolute Gasteiger partial charge is 0.480 e. The highest BCUT2D eigenvalue weighted by molar-refractivity contribution is 6.30. The number of anilines is 1. The molecule has 1 N–H and O–H groups in total. The van der Waals surface area contributed by atoms with E-state index in [1.165, 1.54) is 30.3 Å². The Bertz CT molecular complexity index is 893. The van der Waals surface area contributed by atoms with Gasteiger partial charge in [-0.15, -0.1) is 6.42 Å². The van der Waals surface area contributed by atoms with Gasteiger partial charge in [0, 0.05) is 16.3 Å². The first-order valence-corrected chi connectivity index (χ1v) is 7.46. The summed E-state index contributed by atoms with van der Waals surface area (Å²) >= 11 is 5.96. The van der Waals surface area contributed by atoms with E-state index in [1.807, 2.05) is 6.07 Å². The number of carbonyl (C=O) groups is 1. The summed E-state index contributed by atoms with van der Waals surface area (Å²) in [7, 11) is 0. The summed E-state index contributed by atoms with van der Waals surface area (Å²) in [5.41, 5.74) is 0.633. The molecule has 2 aromatic rings. The molecule has 124 valence electrons. The Balaban J connectivity index is 2.29. The fraction of sp³-hybridized carbons (Fsp3) is 0.0526. The molecule has 1 amide bonds. The molecule has 6 heteroatoms. The number of hydrogen-bond donors (Lipinski definition) is 1. The molecule has 0 aliphatic carbocycles. The minimum Gasteiger partial charge on any atom is -0.480 e. The molecule has 0 aliphatic heterocycles. The van der Waals surface area contributed by atoms with Gasteiger partial charge in [-0.1, -0.05) is 17.5 Å². The first kappa shape index (κ1) is 18.1. The van der Waals surface area contributed by atoms with Crippen LogP contribution in [0.25, 0.3) is 6.08 Å². The minimum atomic E-state index is -0.642. The number of terminal acetylenes is 1. The van der Waals surface area contributed by atoms with Gasteiger partial charge in [0.05, 0.1) is 0 Å². The fourth-order valence-electron chi connectivity index (χ4n) is 1.92. The molecule has 0 bridgehead atoms. The van der Waals surface area contributed by atoms with Gasteiger partial charge in [0.15, 0.2) is 0 Å². The lowest BCUT2D eigenvalue weighted by atomic mass is 10.1. The van der Waals surface area contributed by atoms with Crippen molar-refractivity contribution in [2.24, 2.45) is 0 Å². The molecular weight excluding hydrogens is 343 g/mol. The molecule has 0 saturated heterocycles. The molecule has 0 aromatic heterocycles. The van der Waals surface area contributed by atoms with E-state index in [2.05, 4.69) is 11.2 Å². The Labute approximate surface area is 149 Å². The fourth-order valence-corrected chi connectivity index (χ4v) is 2.10. The van der Waals surface area contributed by atoms with Crippen molar-refractivity contribution in [2.75, 3.05) is 11.9 Å². The topological polar surface area (TPSA) is 62.1 Å². The van der Waals surface area contributed by atoms with Gasteiger partial charge in [0.2, 0.25) is 0 Å². The monoisotopic (exact) mass is 354 g/mol. The van der Waals surface area contributed by atoms with Crippen molar-refractivity contribution in [3.05, 3.63) is 64.4 Å². The van der Waals surface area contributed by atoms with Gasteiger partial charge in [0.25, 0.3) is 5.91 Å². The van der Waals surface area contributed by atoms with E-state index in [9.17, 15) is 14.4 Å². The Morgan fingerprint density at radius 1 is 1.32 bits per heavy atom. The lowest BCUT2D eigenvalue weighted by Gasteiger charge is -2.08. The standard InChI is InChI=1S/C19H12ClFN2O2/c1-2-9-25-18-8-3-15(20)11-13(18)10-14(12-22)19(24)23-17-6-4-16(21)5-7-17/h1,3-8,10-11H,9H2,(H,23,24)/b14-10+. The van der Waals surface area contributed by atoms with E-state index in [-0.39, 0.29) is 12.2 Å². The summed E-state index contributed by atoms with van der Waals surface area (Å²) < 4.78 is 18.3. The zero-order valence-corrected chi connectivity index (χ0v) is 13.7. The molecule has 0 fully saturated rings. The van der Waals surface area contributed by atoms with Gasteiger partial charge in [-0.05, 0) is 48.5 Å². The van der Waals surface area contributed by atoms with Crippen LogP contribution in [0.5, 0.6) is 5.75 Å². The third kappa shape index (κ3) is 5.10. The highest BCUT2D eigenvalue weighted by Crippen LogP contribution is 2.25. The van der Waals surface area contributed by atoms with Crippen molar-refractivity contribution < 1.29 is 13.9 Å². The van der Waals surface area contributed by atoms with Crippen molar-refractivity contribution in [1.82, 2.24) is 0 Å². The van der Waals surface area contributed by atoms with E-state index in [1.54, 1.807) is 18.2 Å². The van der Waals surface area contributed by atoms with Crippen LogP contribution in [-0.4, -0.2) is 12.5 Å². The van der Waals surface area contributed by atoms with Crippen molar-refractivity contribution in [2.45, 2.75) is 0 Å². The summed E-state index contributed by atoms with van der Waals surface area (Å²) in [5, 5.41) is 12.2. The minimum absolute atomic E-state index is 0.0339. The highest BCUT2D eigenvalue weighted by Gasteiger charge is 2.12. The molecule has 4 nitrogen and oxygen atoms in total. The molecule has 0 unspecified atom stereocenters. The normalized spacial score (nSPS) is 10.5. The SMILES string of the molecule is C#CCOc1ccc(Cl)cc1/C=C(\C#N)C(=O)Nc1ccc(F)cc1. The maximum atomic E-state index is 12.9. The van der Waals surface area contributed by atoms with Crippen LogP contribution < -0.4 is 10.1 Å². The first-order valence-electron chi connectivity index (χ1n) is 7.08. The number of hydrogen-bond acceptors (Lipinski definition) is 3. The van der Waals surface area contributed by atoms with Crippen molar-refractivity contribution in [1.29, 1.82) is 5.26 Å². The van der Waals surface area contributed by atoms with Crippen molar-refractivity contribution in [3.63, 3.8) is 0 Å². The molecule has 2 rings (SSSR count). The number of benzene rings is 2. The van der Waals surface area contributed by atoms with Crippen LogP contribution in [0.3, 0.4) is 0 Å². The summed E-state index contributed by atoms with van der Waals surface area (Å²) in [4.78, 5) is 12.2. The predicted octanol–water partition coefficient (Wildman–Crippen LogP) is 4.04. The second kappa shape index (κ2) is 8.54. The molecule has 0 spiro atoms. The van der Waals surface area contributed by atoms with Gasteiger partial charge in [-0.2, -0.15) is 5.26 Å². The van der Waals surface area contributed by atoms with Crippen LogP contribution in [0.2, 0.25) is 5.02 Å². The van der Waals surface area contributed by atoms with Crippen molar-refractivity contribution in [3.8, 4) is 24.2 Å². The van der Waals surface area contributed by atoms with Gasteiger partial charge in [0.1, 0.15) is 29.8 Å². The zero-order chi connectivity index (χ0) is 18.2. The number of carbonyl (C=O) groups excluding carboxylic acids is 1. The average molecular weight is 355 g/mol.